The summed E-state index contributed by atoms with van der Waals surface area (Å²) in [6.45, 7) is 4.20. The zero-order chi connectivity index (χ0) is 14.3. The Morgan fingerprint density at radius 1 is 1.05 bits per heavy atom. The van der Waals surface area contributed by atoms with Crippen LogP contribution in [0.1, 0.15) is 21.5 Å². The standard InChI is InChI=1S/C17H16N2O/c1-11-4-6-14(8-12(11)2)17-18-15-9-13(10-20)5-7-16(15)19(17)3/h4-10H,1-3H3. The summed E-state index contributed by atoms with van der Waals surface area (Å²) in [7, 11) is 2.00. The van der Waals surface area contributed by atoms with Gasteiger partial charge in [-0.15, -0.1) is 0 Å². The molecule has 3 heteroatoms. The molecule has 0 amide bonds. The Labute approximate surface area is 117 Å². The summed E-state index contributed by atoms with van der Waals surface area (Å²) in [6, 6.07) is 11.9. The maximum atomic E-state index is 10.9. The molecule has 0 saturated carbocycles. The summed E-state index contributed by atoms with van der Waals surface area (Å²) in [5, 5.41) is 0. The number of hydrogen-bond donors (Lipinski definition) is 0. The summed E-state index contributed by atoms with van der Waals surface area (Å²) in [5.41, 5.74) is 6.16. The van der Waals surface area contributed by atoms with Gasteiger partial charge in [-0.25, -0.2) is 4.98 Å². The molecule has 0 aliphatic heterocycles. The molecule has 3 rings (SSSR count). The minimum absolute atomic E-state index is 0.655. The molecule has 3 aromatic rings. The zero-order valence-electron chi connectivity index (χ0n) is 11.8. The van der Waals surface area contributed by atoms with Crippen molar-refractivity contribution in [3.63, 3.8) is 0 Å². The van der Waals surface area contributed by atoms with E-state index in [2.05, 4.69) is 41.6 Å². The van der Waals surface area contributed by atoms with Gasteiger partial charge in [0.15, 0.2) is 0 Å². The van der Waals surface area contributed by atoms with Crippen LogP contribution in [-0.4, -0.2) is 15.8 Å². The molecular weight excluding hydrogens is 248 g/mol. The monoisotopic (exact) mass is 264 g/mol. The fraction of sp³-hybridized carbons (Fsp3) is 0.176. The lowest BCUT2D eigenvalue weighted by Gasteiger charge is -2.05. The van der Waals surface area contributed by atoms with Gasteiger partial charge in [-0.3, -0.25) is 4.79 Å². The largest absolute Gasteiger partial charge is 0.327 e. The Kier molecular flexibility index (Phi) is 2.90. The second kappa shape index (κ2) is 4.60. The molecule has 3 nitrogen and oxygen atoms in total. The minimum atomic E-state index is 0.655. The Bertz CT molecular complexity index is 815. The van der Waals surface area contributed by atoms with Gasteiger partial charge < -0.3 is 4.57 Å². The van der Waals surface area contributed by atoms with Crippen LogP contribution in [0.5, 0.6) is 0 Å². The van der Waals surface area contributed by atoms with Crippen molar-refractivity contribution in [2.45, 2.75) is 13.8 Å². The minimum Gasteiger partial charge on any atom is -0.327 e. The van der Waals surface area contributed by atoms with Gasteiger partial charge >= 0.3 is 0 Å². The average molecular weight is 264 g/mol. The van der Waals surface area contributed by atoms with Crippen molar-refractivity contribution in [1.29, 1.82) is 0 Å². The molecule has 0 unspecified atom stereocenters. The molecule has 20 heavy (non-hydrogen) atoms. The van der Waals surface area contributed by atoms with E-state index in [1.807, 2.05) is 25.2 Å². The van der Waals surface area contributed by atoms with Crippen molar-refractivity contribution in [3.8, 4) is 11.4 Å². The van der Waals surface area contributed by atoms with Crippen LogP contribution in [0.2, 0.25) is 0 Å². The number of fused-ring (bicyclic) bond motifs is 1. The second-order valence-electron chi connectivity index (χ2n) is 5.16. The summed E-state index contributed by atoms with van der Waals surface area (Å²) in [6.07, 6.45) is 0.851. The fourth-order valence-electron chi connectivity index (χ4n) is 2.43. The number of nitrogens with zero attached hydrogens (tertiary/aromatic N) is 2. The Balaban J connectivity index is 2.22. The number of benzene rings is 2. The first-order valence-electron chi connectivity index (χ1n) is 6.59. The quantitative estimate of drug-likeness (QED) is 0.662. The van der Waals surface area contributed by atoms with E-state index in [1.165, 1.54) is 11.1 Å². The highest BCUT2D eigenvalue weighted by molar-refractivity contribution is 5.87. The summed E-state index contributed by atoms with van der Waals surface area (Å²) in [5.74, 6) is 0.922. The molecule has 0 bridgehead atoms. The summed E-state index contributed by atoms with van der Waals surface area (Å²) < 4.78 is 2.06. The number of rotatable bonds is 2. The molecule has 0 atom stereocenters. The number of imidazole rings is 1. The van der Waals surface area contributed by atoms with Gasteiger partial charge in [0, 0.05) is 18.2 Å². The van der Waals surface area contributed by atoms with Gasteiger partial charge in [0.1, 0.15) is 12.1 Å². The molecule has 0 saturated heterocycles. The predicted octanol–water partition coefficient (Wildman–Crippen LogP) is 3.67. The highest BCUT2D eigenvalue weighted by Gasteiger charge is 2.10. The number of hydrogen-bond acceptors (Lipinski definition) is 2. The van der Waals surface area contributed by atoms with E-state index >= 15 is 0 Å². The van der Waals surface area contributed by atoms with Crippen LogP contribution in [0.3, 0.4) is 0 Å². The normalized spacial score (nSPS) is 10.9. The molecule has 0 fully saturated rings. The molecule has 0 radical (unpaired) electrons. The van der Waals surface area contributed by atoms with E-state index in [1.54, 1.807) is 0 Å². The van der Waals surface area contributed by atoms with Crippen molar-refractivity contribution >= 4 is 17.3 Å². The first-order valence-corrected chi connectivity index (χ1v) is 6.59. The van der Waals surface area contributed by atoms with Crippen molar-refractivity contribution in [2.24, 2.45) is 7.05 Å². The van der Waals surface area contributed by atoms with Crippen LogP contribution < -0.4 is 0 Å². The van der Waals surface area contributed by atoms with Crippen LogP contribution >= 0.6 is 0 Å². The number of aldehydes is 1. The molecule has 2 aromatic carbocycles. The second-order valence-corrected chi connectivity index (χ2v) is 5.16. The maximum absolute atomic E-state index is 10.9. The lowest BCUT2D eigenvalue weighted by molar-refractivity contribution is 0.112. The molecule has 100 valence electrons. The smallest absolute Gasteiger partial charge is 0.150 e. The highest BCUT2D eigenvalue weighted by atomic mass is 16.1. The van der Waals surface area contributed by atoms with Crippen LogP contribution in [0.4, 0.5) is 0 Å². The van der Waals surface area contributed by atoms with Gasteiger partial charge in [0.25, 0.3) is 0 Å². The third-order valence-corrected chi connectivity index (χ3v) is 3.81. The van der Waals surface area contributed by atoms with Crippen molar-refractivity contribution in [3.05, 3.63) is 53.1 Å². The number of carbonyl (C=O) groups is 1. The van der Waals surface area contributed by atoms with Crippen molar-refractivity contribution in [1.82, 2.24) is 9.55 Å². The summed E-state index contributed by atoms with van der Waals surface area (Å²) >= 11 is 0. The number of carbonyl (C=O) groups excluding carboxylic acids is 1. The molecule has 0 N–H and O–H groups in total. The maximum Gasteiger partial charge on any atom is 0.150 e. The van der Waals surface area contributed by atoms with E-state index in [4.69, 9.17) is 0 Å². The Hall–Kier alpha value is -2.42. The van der Waals surface area contributed by atoms with Crippen LogP contribution in [-0.2, 0) is 7.05 Å². The van der Waals surface area contributed by atoms with Crippen LogP contribution in [0.15, 0.2) is 36.4 Å². The van der Waals surface area contributed by atoms with E-state index in [9.17, 15) is 4.79 Å². The summed E-state index contributed by atoms with van der Waals surface area (Å²) in [4.78, 5) is 15.5. The van der Waals surface area contributed by atoms with Crippen molar-refractivity contribution < 1.29 is 4.79 Å². The van der Waals surface area contributed by atoms with E-state index in [0.29, 0.717) is 5.56 Å². The average Bonchev–Trinajstić information content (AvgIpc) is 2.78. The van der Waals surface area contributed by atoms with Gasteiger partial charge in [-0.05, 0) is 49.2 Å². The first-order chi connectivity index (χ1) is 9.60. The zero-order valence-corrected chi connectivity index (χ0v) is 11.8. The SMILES string of the molecule is Cc1ccc(-c2nc3cc(C=O)ccc3n2C)cc1C. The Morgan fingerprint density at radius 2 is 1.85 bits per heavy atom. The topological polar surface area (TPSA) is 34.9 Å². The van der Waals surface area contributed by atoms with Gasteiger partial charge in [0.05, 0.1) is 11.0 Å². The van der Waals surface area contributed by atoms with Crippen LogP contribution in [0, 0.1) is 13.8 Å². The predicted molar refractivity (Wildman–Crippen MR) is 81.0 cm³/mol. The fourth-order valence-corrected chi connectivity index (χ4v) is 2.43. The molecular formula is C17H16N2O. The van der Waals surface area contributed by atoms with E-state index in [0.717, 1.165) is 28.7 Å². The molecule has 1 heterocycles. The lowest BCUT2D eigenvalue weighted by atomic mass is 10.1. The van der Waals surface area contributed by atoms with Gasteiger partial charge in [-0.1, -0.05) is 12.1 Å². The highest BCUT2D eigenvalue weighted by Crippen LogP contribution is 2.25. The van der Waals surface area contributed by atoms with E-state index < -0.39 is 0 Å². The first kappa shape index (κ1) is 12.6. The third-order valence-electron chi connectivity index (χ3n) is 3.81. The molecule has 0 aliphatic carbocycles. The molecule has 0 spiro atoms. The van der Waals surface area contributed by atoms with E-state index in [-0.39, 0.29) is 0 Å². The lowest BCUT2D eigenvalue weighted by Crippen LogP contribution is -1.93. The Morgan fingerprint density at radius 3 is 2.55 bits per heavy atom. The number of aromatic nitrogens is 2. The van der Waals surface area contributed by atoms with Crippen molar-refractivity contribution in [2.75, 3.05) is 0 Å². The number of aryl methyl sites for hydroxylation is 3. The molecule has 1 aromatic heterocycles. The molecule has 0 aliphatic rings. The van der Waals surface area contributed by atoms with Gasteiger partial charge in [-0.2, -0.15) is 0 Å². The van der Waals surface area contributed by atoms with Gasteiger partial charge in [0.2, 0.25) is 0 Å². The third kappa shape index (κ3) is 1.92. The van der Waals surface area contributed by atoms with Crippen LogP contribution in [0.25, 0.3) is 22.4 Å².